The highest BCUT2D eigenvalue weighted by molar-refractivity contribution is 5.71. The summed E-state index contributed by atoms with van der Waals surface area (Å²) in [4.78, 5) is 7.24. The van der Waals surface area contributed by atoms with Gasteiger partial charge in [-0.25, -0.2) is 0 Å². The maximum atomic E-state index is 10.1. The molecule has 0 aliphatic carbocycles. The molecule has 0 atom stereocenters. The second-order valence-electron chi connectivity index (χ2n) is 4.96. The third-order valence-electron chi connectivity index (χ3n) is 3.52. The lowest BCUT2D eigenvalue weighted by atomic mass is 10.0. The van der Waals surface area contributed by atoms with Crippen LogP contribution in [0.15, 0.2) is 48.5 Å². The number of nitrogens with one attached hydrogen (secondary N) is 1. The molecule has 112 valence electrons. The zero-order valence-corrected chi connectivity index (χ0v) is 11.8. The van der Waals surface area contributed by atoms with Gasteiger partial charge in [-0.3, -0.25) is 0 Å². The van der Waals surface area contributed by atoms with E-state index in [4.69, 9.17) is 0 Å². The fourth-order valence-corrected chi connectivity index (χ4v) is 2.40. The van der Waals surface area contributed by atoms with E-state index in [1.165, 1.54) is 0 Å². The highest BCUT2D eigenvalue weighted by Crippen LogP contribution is 2.31. The SMILES string of the molecule is OCc1ccc(-c2nc(O)c(-c3ccccc3)[nH]2)c(CO)c1. The van der Waals surface area contributed by atoms with Crippen molar-refractivity contribution >= 4 is 0 Å². The van der Waals surface area contributed by atoms with Crippen molar-refractivity contribution in [2.45, 2.75) is 13.2 Å². The summed E-state index contributed by atoms with van der Waals surface area (Å²) in [6, 6.07) is 14.7. The Labute approximate surface area is 127 Å². The molecule has 3 aromatic rings. The van der Waals surface area contributed by atoms with Gasteiger partial charge in [0.05, 0.1) is 13.2 Å². The van der Waals surface area contributed by atoms with Crippen LogP contribution in [0.3, 0.4) is 0 Å². The van der Waals surface area contributed by atoms with E-state index in [1.807, 2.05) is 30.3 Å². The van der Waals surface area contributed by atoms with Gasteiger partial charge in [0.25, 0.3) is 0 Å². The number of hydrogen-bond donors (Lipinski definition) is 4. The monoisotopic (exact) mass is 296 g/mol. The van der Waals surface area contributed by atoms with Crippen LogP contribution in [-0.4, -0.2) is 25.3 Å². The zero-order valence-electron chi connectivity index (χ0n) is 11.8. The molecular formula is C17H16N2O3. The summed E-state index contributed by atoms with van der Waals surface area (Å²) in [5, 5.41) is 28.7. The first-order chi connectivity index (χ1) is 10.7. The summed E-state index contributed by atoms with van der Waals surface area (Å²) in [5.41, 5.74) is 3.41. The second kappa shape index (κ2) is 6.01. The van der Waals surface area contributed by atoms with Gasteiger partial charge in [0.2, 0.25) is 5.88 Å². The van der Waals surface area contributed by atoms with Gasteiger partial charge in [0.15, 0.2) is 0 Å². The average molecular weight is 296 g/mol. The van der Waals surface area contributed by atoms with Crippen LogP contribution in [0.25, 0.3) is 22.6 Å². The molecule has 0 saturated carbocycles. The Morgan fingerprint density at radius 1 is 0.955 bits per heavy atom. The van der Waals surface area contributed by atoms with Crippen molar-refractivity contribution in [3.05, 3.63) is 59.7 Å². The number of nitrogens with zero attached hydrogens (tertiary/aromatic N) is 1. The molecule has 0 fully saturated rings. The van der Waals surface area contributed by atoms with Crippen LogP contribution in [0.4, 0.5) is 0 Å². The van der Waals surface area contributed by atoms with Crippen LogP contribution in [0, 0.1) is 0 Å². The van der Waals surface area contributed by atoms with Gasteiger partial charge in [-0.1, -0.05) is 48.5 Å². The van der Waals surface area contributed by atoms with Crippen molar-refractivity contribution in [1.82, 2.24) is 9.97 Å². The number of imidazole rings is 1. The van der Waals surface area contributed by atoms with E-state index in [-0.39, 0.29) is 19.1 Å². The number of hydrogen-bond acceptors (Lipinski definition) is 4. The van der Waals surface area contributed by atoms with E-state index in [1.54, 1.807) is 18.2 Å². The van der Waals surface area contributed by atoms with Gasteiger partial charge in [-0.05, 0) is 11.1 Å². The molecule has 0 unspecified atom stereocenters. The number of H-pyrrole nitrogens is 1. The minimum atomic E-state index is -0.175. The quantitative estimate of drug-likeness (QED) is 0.595. The van der Waals surface area contributed by atoms with Crippen LogP contribution in [-0.2, 0) is 13.2 Å². The van der Waals surface area contributed by atoms with Crippen LogP contribution < -0.4 is 0 Å². The largest absolute Gasteiger partial charge is 0.492 e. The zero-order chi connectivity index (χ0) is 15.5. The summed E-state index contributed by atoms with van der Waals surface area (Å²) in [7, 11) is 0. The predicted molar refractivity (Wildman–Crippen MR) is 83.0 cm³/mol. The van der Waals surface area contributed by atoms with E-state index in [9.17, 15) is 15.3 Å². The molecule has 0 amide bonds. The predicted octanol–water partition coefficient (Wildman–Crippen LogP) is 2.43. The summed E-state index contributed by atoms with van der Waals surface area (Å²) in [5.74, 6) is 0.390. The van der Waals surface area contributed by atoms with Crippen LogP contribution in [0.2, 0.25) is 0 Å². The number of aliphatic hydroxyl groups excluding tert-OH is 2. The molecule has 2 aromatic carbocycles. The van der Waals surface area contributed by atoms with E-state index in [0.717, 1.165) is 5.56 Å². The highest BCUT2D eigenvalue weighted by Gasteiger charge is 2.15. The summed E-state index contributed by atoms with van der Waals surface area (Å²) in [6.45, 7) is -0.267. The minimum Gasteiger partial charge on any atom is -0.492 e. The van der Waals surface area contributed by atoms with Gasteiger partial charge in [-0.15, -0.1) is 0 Å². The van der Waals surface area contributed by atoms with Gasteiger partial charge in [0, 0.05) is 11.1 Å². The number of rotatable bonds is 4. The molecule has 22 heavy (non-hydrogen) atoms. The molecule has 5 heteroatoms. The molecule has 3 rings (SSSR count). The lowest BCUT2D eigenvalue weighted by Gasteiger charge is -2.06. The molecule has 0 aliphatic heterocycles. The Kier molecular flexibility index (Phi) is 3.91. The third-order valence-corrected chi connectivity index (χ3v) is 3.52. The summed E-state index contributed by atoms with van der Waals surface area (Å²) in [6.07, 6.45) is 0. The summed E-state index contributed by atoms with van der Waals surface area (Å²) < 4.78 is 0. The van der Waals surface area contributed by atoms with Gasteiger partial charge >= 0.3 is 0 Å². The van der Waals surface area contributed by atoms with Crippen molar-refractivity contribution in [2.75, 3.05) is 0 Å². The molecule has 0 aliphatic rings. The Balaban J connectivity index is 2.07. The van der Waals surface area contributed by atoms with E-state index < -0.39 is 0 Å². The number of aromatic hydroxyl groups is 1. The number of benzene rings is 2. The molecule has 0 spiro atoms. The molecule has 0 bridgehead atoms. The van der Waals surface area contributed by atoms with E-state index in [2.05, 4.69) is 9.97 Å². The molecular weight excluding hydrogens is 280 g/mol. The minimum absolute atomic E-state index is 0.0867. The Morgan fingerprint density at radius 3 is 2.41 bits per heavy atom. The lowest BCUT2D eigenvalue weighted by Crippen LogP contribution is -1.94. The van der Waals surface area contributed by atoms with Gasteiger partial charge < -0.3 is 20.3 Å². The fourth-order valence-electron chi connectivity index (χ4n) is 2.40. The number of aromatic nitrogens is 2. The van der Waals surface area contributed by atoms with Crippen molar-refractivity contribution in [3.8, 4) is 28.5 Å². The molecule has 0 saturated heterocycles. The summed E-state index contributed by atoms with van der Waals surface area (Å²) >= 11 is 0. The van der Waals surface area contributed by atoms with Crippen LogP contribution in [0.1, 0.15) is 11.1 Å². The first kappa shape index (κ1) is 14.3. The standard InChI is InChI=1S/C17H16N2O3/c20-9-11-6-7-14(13(8-11)10-21)16-18-15(17(22)19-16)12-4-2-1-3-5-12/h1-8,20-22H,9-10H2,(H,18,19). The average Bonchev–Trinajstić information content (AvgIpc) is 2.96. The fraction of sp³-hybridized carbons (Fsp3) is 0.118. The van der Waals surface area contributed by atoms with E-state index in [0.29, 0.717) is 28.2 Å². The van der Waals surface area contributed by atoms with Crippen LogP contribution >= 0.6 is 0 Å². The molecule has 1 heterocycles. The molecule has 0 radical (unpaired) electrons. The molecule has 1 aromatic heterocycles. The molecule has 5 nitrogen and oxygen atoms in total. The Morgan fingerprint density at radius 2 is 1.73 bits per heavy atom. The number of aromatic amines is 1. The van der Waals surface area contributed by atoms with Gasteiger partial charge in [-0.2, -0.15) is 4.98 Å². The number of aliphatic hydroxyl groups is 2. The molecule has 4 N–H and O–H groups in total. The van der Waals surface area contributed by atoms with Crippen molar-refractivity contribution < 1.29 is 15.3 Å². The Hall–Kier alpha value is -2.63. The van der Waals surface area contributed by atoms with Crippen LogP contribution in [0.5, 0.6) is 5.88 Å². The van der Waals surface area contributed by atoms with Crippen molar-refractivity contribution in [3.63, 3.8) is 0 Å². The topological polar surface area (TPSA) is 89.4 Å². The maximum Gasteiger partial charge on any atom is 0.237 e. The Bertz CT molecular complexity index is 782. The lowest BCUT2D eigenvalue weighted by molar-refractivity contribution is 0.275. The smallest absolute Gasteiger partial charge is 0.237 e. The maximum absolute atomic E-state index is 10.1. The highest BCUT2D eigenvalue weighted by atomic mass is 16.3. The van der Waals surface area contributed by atoms with Crippen molar-refractivity contribution in [1.29, 1.82) is 0 Å². The van der Waals surface area contributed by atoms with Crippen molar-refractivity contribution in [2.24, 2.45) is 0 Å². The van der Waals surface area contributed by atoms with E-state index >= 15 is 0 Å². The normalized spacial score (nSPS) is 10.8. The first-order valence-corrected chi connectivity index (χ1v) is 6.91. The second-order valence-corrected chi connectivity index (χ2v) is 4.96. The first-order valence-electron chi connectivity index (χ1n) is 6.91. The third kappa shape index (κ3) is 2.59. The van der Waals surface area contributed by atoms with Gasteiger partial charge in [0.1, 0.15) is 11.5 Å².